The molecule has 1 unspecified atom stereocenters. The molecule has 0 bridgehead atoms. The molecular weight excluding hydrogens is 434 g/mol. The van der Waals surface area contributed by atoms with Crippen molar-refractivity contribution in [1.29, 1.82) is 0 Å². The van der Waals surface area contributed by atoms with Gasteiger partial charge in [0.25, 0.3) is 5.91 Å². The van der Waals surface area contributed by atoms with Crippen LogP contribution in [0.4, 0.5) is 0 Å². The summed E-state index contributed by atoms with van der Waals surface area (Å²) in [5.74, 6) is 1.01. The number of hydrogen-bond donors (Lipinski definition) is 0. The molecule has 2 heterocycles. The summed E-state index contributed by atoms with van der Waals surface area (Å²) in [6, 6.07) is 12.0. The van der Waals surface area contributed by atoms with Crippen LogP contribution in [0.15, 0.2) is 51.7 Å². The molecule has 7 heteroatoms. The Morgan fingerprint density at radius 2 is 1.74 bits per heavy atom. The molecule has 1 aliphatic rings. The van der Waals surface area contributed by atoms with Crippen LogP contribution in [0.3, 0.4) is 0 Å². The Bertz CT molecular complexity index is 1230. The fourth-order valence-corrected chi connectivity index (χ4v) is 4.34. The normalized spacial score (nSPS) is 15.3. The van der Waals surface area contributed by atoms with Crippen LogP contribution in [0, 0.1) is 0 Å². The summed E-state index contributed by atoms with van der Waals surface area (Å²) in [5, 5.41) is 0.458. The van der Waals surface area contributed by atoms with E-state index in [1.54, 1.807) is 29.2 Å². The standard InChI is InChI=1S/C27H31NO6/c1-5-31-21-13-12-18(16-22(21)32-6-2)24-23-25(29)19-10-7-8-11-20(19)34-26(23)27(30)28(24)14-9-15-33-17(3)4/h7-8,10-13,16-17,24H,5-6,9,14-15H2,1-4H3. The fourth-order valence-electron chi connectivity index (χ4n) is 4.34. The Morgan fingerprint density at radius 3 is 2.47 bits per heavy atom. The van der Waals surface area contributed by atoms with Crippen LogP contribution in [0.25, 0.3) is 11.0 Å². The summed E-state index contributed by atoms with van der Waals surface area (Å²) in [6.45, 7) is 9.67. The molecule has 1 aliphatic heterocycles. The minimum absolute atomic E-state index is 0.102. The highest BCUT2D eigenvalue weighted by Crippen LogP contribution is 2.41. The van der Waals surface area contributed by atoms with Crippen LogP contribution in [-0.2, 0) is 4.74 Å². The highest BCUT2D eigenvalue weighted by atomic mass is 16.5. The molecule has 0 spiro atoms. The summed E-state index contributed by atoms with van der Waals surface area (Å²) in [5.41, 5.74) is 1.35. The van der Waals surface area contributed by atoms with Crippen molar-refractivity contribution in [1.82, 2.24) is 4.90 Å². The lowest BCUT2D eigenvalue weighted by atomic mass is 9.98. The van der Waals surface area contributed by atoms with Gasteiger partial charge in [-0.2, -0.15) is 0 Å². The summed E-state index contributed by atoms with van der Waals surface area (Å²) in [4.78, 5) is 28.8. The number of para-hydroxylation sites is 1. The van der Waals surface area contributed by atoms with Crippen molar-refractivity contribution < 1.29 is 23.4 Å². The first-order valence-electron chi connectivity index (χ1n) is 11.8. The summed E-state index contributed by atoms with van der Waals surface area (Å²) in [6.07, 6.45) is 0.743. The van der Waals surface area contributed by atoms with Gasteiger partial charge in [0.2, 0.25) is 5.76 Å². The van der Waals surface area contributed by atoms with Gasteiger partial charge < -0.3 is 23.5 Å². The molecule has 0 radical (unpaired) electrons. The average Bonchev–Trinajstić information content (AvgIpc) is 3.10. The van der Waals surface area contributed by atoms with E-state index in [0.29, 0.717) is 60.8 Å². The highest BCUT2D eigenvalue weighted by Gasteiger charge is 2.42. The second-order valence-corrected chi connectivity index (χ2v) is 8.42. The number of carbonyl (C=O) groups is 1. The lowest BCUT2D eigenvalue weighted by Gasteiger charge is -2.26. The number of ether oxygens (including phenoxy) is 3. The zero-order chi connectivity index (χ0) is 24.2. The van der Waals surface area contributed by atoms with E-state index in [1.807, 2.05) is 45.9 Å². The van der Waals surface area contributed by atoms with Crippen LogP contribution in [0.1, 0.15) is 61.8 Å². The number of amides is 1. The maximum Gasteiger partial charge on any atom is 0.290 e. The van der Waals surface area contributed by atoms with Gasteiger partial charge in [-0.25, -0.2) is 0 Å². The maximum atomic E-state index is 13.6. The Kier molecular flexibility index (Phi) is 7.22. The second kappa shape index (κ2) is 10.3. The molecule has 4 rings (SSSR count). The molecular formula is C27H31NO6. The molecule has 0 fully saturated rings. The molecule has 180 valence electrons. The van der Waals surface area contributed by atoms with E-state index in [9.17, 15) is 9.59 Å². The van der Waals surface area contributed by atoms with Gasteiger partial charge in [-0.15, -0.1) is 0 Å². The van der Waals surface area contributed by atoms with Gasteiger partial charge in [-0.1, -0.05) is 18.2 Å². The first-order valence-corrected chi connectivity index (χ1v) is 11.8. The van der Waals surface area contributed by atoms with E-state index < -0.39 is 6.04 Å². The largest absolute Gasteiger partial charge is 0.490 e. The van der Waals surface area contributed by atoms with Crippen molar-refractivity contribution >= 4 is 16.9 Å². The SMILES string of the molecule is CCOc1ccc(C2c3c(oc4ccccc4c3=O)C(=O)N2CCCOC(C)C)cc1OCC. The fraction of sp³-hybridized carbons (Fsp3) is 0.407. The minimum Gasteiger partial charge on any atom is -0.490 e. The summed E-state index contributed by atoms with van der Waals surface area (Å²) < 4.78 is 23.2. The number of carbonyl (C=O) groups excluding carboxylic acids is 1. The van der Waals surface area contributed by atoms with Crippen LogP contribution in [0.2, 0.25) is 0 Å². The van der Waals surface area contributed by atoms with Gasteiger partial charge >= 0.3 is 0 Å². The van der Waals surface area contributed by atoms with E-state index in [-0.39, 0.29) is 23.2 Å². The summed E-state index contributed by atoms with van der Waals surface area (Å²) in [7, 11) is 0. The molecule has 34 heavy (non-hydrogen) atoms. The van der Waals surface area contributed by atoms with Crippen LogP contribution < -0.4 is 14.9 Å². The molecule has 1 atom stereocenters. The Morgan fingerprint density at radius 1 is 1.00 bits per heavy atom. The molecule has 0 saturated heterocycles. The molecule has 0 aliphatic carbocycles. The number of fused-ring (bicyclic) bond motifs is 2. The third-order valence-electron chi connectivity index (χ3n) is 5.75. The number of benzene rings is 2. The molecule has 7 nitrogen and oxygen atoms in total. The smallest absolute Gasteiger partial charge is 0.290 e. The van der Waals surface area contributed by atoms with Crippen LogP contribution in [-0.4, -0.2) is 43.3 Å². The van der Waals surface area contributed by atoms with Crippen LogP contribution in [0.5, 0.6) is 11.5 Å². The third kappa shape index (κ3) is 4.53. The van der Waals surface area contributed by atoms with Gasteiger partial charge in [-0.3, -0.25) is 9.59 Å². The zero-order valence-electron chi connectivity index (χ0n) is 20.1. The van der Waals surface area contributed by atoms with Gasteiger partial charge in [0.1, 0.15) is 5.58 Å². The van der Waals surface area contributed by atoms with E-state index >= 15 is 0 Å². The van der Waals surface area contributed by atoms with Crippen molar-refractivity contribution in [3.63, 3.8) is 0 Å². The van der Waals surface area contributed by atoms with E-state index in [1.165, 1.54) is 0 Å². The van der Waals surface area contributed by atoms with Crippen molar-refractivity contribution in [2.45, 2.75) is 46.3 Å². The Labute approximate surface area is 199 Å². The first kappa shape index (κ1) is 23.8. The minimum atomic E-state index is -0.586. The van der Waals surface area contributed by atoms with Crippen LogP contribution >= 0.6 is 0 Å². The predicted molar refractivity (Wildman–Crippen MR) is 130 cm³/mol. The van der Waals surface area contributed by atoms with Gasteiger partial charge in [0, 0.05) is 13.2 Å². The monoisotopic (exact) mass is 465 g/mol. The first-order chi connectivity index (χ1) is 16.5. The molecule has 3 aromatic rings. The topological polar surface area (TPSA) is 78.2 Å². The van der Waals surface area contributed by atoms with Crippen molar-refractivity contribution in [3.8, 4) is 11.5 Å². The van der Waals surface area contributed by atoms with E-state index in [4.69, 9.17) is 18.6 Å². The second-order valence-electron chi connectivity index (χ2n) is 8.42. The lowest BCUT2D eigenvalue weighted by Crippen LogP contribution is -2.31. The Balaban J connectivity index is 1.82. The van der Waals surface area contributed by atoms with E-state index in [0.717, 1.165) is 5.56 Å². The highest BCUT2D eigenvalue weighted by molar-refractivity contribution is 5.99. The third-order valence-corrected chi connectivity index (χ3v) is 5.75. The lowest BCUT2D eigenvalue weighted by molar-refractivity contribution is 0.0593. The van der Waals surface area contributed by atoms with Gasteiger partial charge in [-0.05, 0) is 63.9 Å². The molecule has 1 aromatic heterocycles. The molecule has 2 aromatic carbocycles. The van der Waals surface area contributed by atoms with Crippen molar-refractivity contribution in [2.75, 3.05) is 26.4 Å². The summed E-state index contributed by atoms with van der Waals surface area (Å²) >= 11 is 0. The Hall–Kier alpha value is -3.32. The number of nitrogens with zero attached hydrogens (tertiary/aromatic N) is 1. The molecule has 0 saturated carbocycles. The molecule has 0 N–H and O–H groups in total. The van der Waals surface area contributed by atoms with E-state index in [2.05, 4.69) is 0 Å². The maximum absolute atomic E-state index is 13.6. The zero-order valence-corrected chi connectivity index (χ0v) is 20.1. The average molecular weight is 466 g/mol. The van der Waals surface area contributed by atoms with Gasteiger partial charge in [0.05, 0.1) is 36.3 Å². The predicted octanol–water partition coefficient (Wildman–Crippen LogP) is 4.95. The number of hydrogen-bond acceptors (Lipinski definition) is 6. The van der Waals surface area contributed by atoms with Crippen molar-refractivity contribution in [2.24, 2.45) is 0 Å². The quantitative estimate of drug-likeness (QED) is 0.394. The molecule has 1 amide bonds. The van der Waals surface area contributed by atoms with Crippen molar-refractivity contribution in [3.05, 3.63) is 69.6 Å². The van der Waals surface area contributed by atoms with Gasteiger partial charge in [0.15, 0.2) is 16.9 Å². The number of rotatable bonds is 10.